The second-order valence-electron chi connectivity index (χ2n) is 4.86. The molecular formula is C13H16ClNO5S. The van der Waals surface area contributed by atoms with Gasteiger partial charge in [-0.05, 0) is 30.9 Å². The van der Waals surface area contributed by atoms with Crippen molar-refractivity contribution in [2.45, 2.75) is 24.8 Å². The Morgan fingerprint density at radius 2 is 2.10 bits per heavy atom. The zero-order chi connectivity index (χ0) is 15.5. The molecule has 1 aromatic rings. The third kappa shape index (κ3) is 4.39. The second kappa shape index (κ2) is 6.72. The molecule has 21 heavy (non-hydrogen) atoms. The molecule has 1 aliphatic rings. The van der Waals surface area contributed by atoms with E-state index in [1.807, 2.05) is 0 Å². The summed E-state index contributed by atoms with van der Waals surface area (Å²) in [7, 11) is 1.26. The monoisotopic (exact) mass is 333 g/mol. The SMILES string of the molecule is CC(=O)c1nc(S(=O)(=O)Cl)ccc1OCC1CCOCC1. The van der Waals surface area contributed by atoms with Crippen molar-refractivity contribution >= 4 is 25.5 Å². The Balaban J connectivity index is 2.16. The predicted octanol–water partition coefficient (Wildman–Crippen LogP) is 2.02. The van der Waals surface area contributed by atoms with Gasteiger partial charge in [-0.2, -0.15) is 0 Å². The minimum Gasteiger partial charge on any atom is -0.491 e. The number of ether oxygens (including phenoxy) is 2. The third-order valence-electron chi connectivity index (χ3n) is 3.23. The lowest BCUT2D eigenvalue weighted by molar-refractivity contribution is 0.0494. The van der Waals surface area contributed by atoms with Gasteiger partial charge in [-0.3, -0.25) is 4.79 Å². The van der Waals surface area contributed by atoms with Crippen LogP contribution in [0.25, 0.3) is 0 Å². The van der Waals surface area contributed by atoms with Crippen LogP contribution in [0, 0.1) is 5.92 Å². The van der Waals surface area contributed by atoms with Crippen molar-refractivity contribution in [3.05, 3.63) is 17.8 Å². The summed E-state index contributed by atoms with van der Waals surface area (Å²) in [6.45, 7) is 3.15. The summed E-state index contributed by atoms with van der Waals surface area (Å²) in [5.74, 6) is 0.257. The molecule has 0 saturated carbocycles. The van der Waals surface area contributed by atoms with E-state index in [-0.39, 0.29) is 22.3 Å². The summed E-state index contributed by atoms with van der Waals surface area (Å²) in [6.07, 6.45) is 1.80. The first-order valence-corrected chi connectivity index (χ1v) is 8.86. The van der Waals surface area contributed by atoms with Crippen molar-refractivity contribution in [3.63, 3.8) is 0 Å². The Kier molecular flexibility index (Phi) is 5.18. The number of Topliss-reactive ketones (excluding diaryl/α,β-unsaturated/α-hetero) is 1. The Bertz CT molecular complexity index is 625. The first-order valence-electron chi connectivity index (χ1n) is 6.55. The van der Waals surface area contributed by atoms with Gasteiger partial charge in [-0.25, -0.2) is 13.4 Å². The van der Waals surface area contributed by atoms with Crippen LogP contribution in [0.3, 0.4) is 0 Å². The van der Waals surface area contributed by atoms with Crippen LogP contribution >= 0.6 is 10.7 Å². The highest BCUT2D eigenvalue weighted by Crippen LogP contribution is 2.23. The van der Waals surface area contributed by atoms with Crippen molar-refractivity contribution < 1.29 is 22.7 Å². The number of ketones is 1. The average molecular weight is 334 g/mol. The van der Waals surface area contributed by atoms with Crippen molar-refractivity contribution in [1.29, 1.82) is 0 Å². The average Bonchev–Trinajstić information content (AvgIpc) is 2.45. The quantitative estimate of drug-likeness (QED) is 0.605. The molecule has 2 heterocycles. The van der Waals surface area contributed by atoms with Crippen molar-refractivity contribution in [2.75, 3.05) is 19.8 Å². The van der Waals surface area contributed by atoms with Crippen molar-refractivity contribution in [1.82, 2.24) is 4.98 Å². The molecule has 0 spiro atoms. The van der Waals surface area contributed by atoms with E-state index in [0.29, 0.717) is 25.7 Å². The van der Waals surface area contributed by atoms with E-state index in [2.05, 4.69) is 4.98 Å². The molecule has 0 aromatic carbocycles. The standard InChI is InChI=1S/C13H16ClNO5S/c1-9(16)13-11(2-3-12(15-13)21(14,17)18)20-8-10-4-6-19-7-5-10/h2-3,10H,4-8H2,1H3. The molecule has 0 amide bonds. The smallest absolute Gasteiger partial charge is 0.278 e. The number of nitrogens with zero attached hydrogens (tertiary/aromatic N) is 1. The van der Waals surface area contributed by atoms with Gasteiger partial charge < -0.3 is 9.47 Å². The molecule has 8 heteroatoms. The minimum absolute atomic E-state index is 0.0243. The van der Waals surface area contributed by atoms with Gasteiger partial charge >= 0.3 is 0 Å². The summed E-state index contributed by atoms with van der Waals surface area (Å²) < 4.78 is 33.4. The van der Waals surface area contributed by atoms with Gasteiger partial charge in [0.25, 0.3) is 9.05 Å². The number of carbonyl (C=O) groups excluding carboxylic acids is 1. The van der Waals surface area contributed by atoms with E-state index in [1.54, 1.807) is 0 Å². The van der Waals surface area contributed by atoms with Gasteiger partial charge in [0.15, 0.2) is 10.8 Å². The molecule has 116 valence electrons. The molecule has 0 N–H and O–H groups in total. The molecule has 0 bridgehead atoms. The molecule has 1 aliphatic heterocycles. The molecule has 0 radical (unpaired) electrons. The lowest BCUT2D eigenvalue weighted by Gasteiger charge is -2.22. The third-order valence-corrected chi connectivity index (χ3v) is 4.43. The fourth-order valence-corrected chi connectivity index (χ4v) is 2.74. The summed E-state index contributed by atoms with van der Waals surface area (Å²) in [6, 6.07) is 2.65. The van der Waals surface area contributed by atoms with E-state index in [1.165, 1.54) is 19.1 Å². The van der Waals surface area contributed by atoms with Crippen LogP contribution in [-0.4, -0.2) is 39.0 Å². The van der Waals surface area contributed by atoms with E-state index in [0.717, 1.165) is 12.8 Å². The number of hydrogen-bond donors (Lipinski definition) is 0. The fourth-order valence-electron chi connectivity index (χ4n) is 2.05. The number of carbonyl (C=O) groups is 1. The summed E-state index contributed by atoms with van der Waals surface area (Å²) in [5, 5.41) is -0.354. The van der Waals surface area contributed by atoms with Gasteiger partial charge in [-0.1, -0.05) is 0 Å². The van der Waals surface area contributed by atoms with E-state index < -0.39 is 9.05 Å². The summed E-state index contributed by atoms with van der Waals surface area (Å²) in [4.78, 5) is 15.4. The zero-order valence-electron chi connectivity index (χ0n) is 11.5. The molecule has 1 saturated heterocycles. The lowest BCUT2D eigenvalue weighted by atomic mass is 10.0. The minimum atomic E-state index is -3.97. The molecule has 2 rings (SSSR count). The Morgan fingerprint density at radius 3 is 2.67 bits per heavy atom. The van der Waals surface area contributed by atoms with Crippen LogP contribution < -0.4 is 4.74 Å². The summed E-state index contributed by atoms with van der Waals surface area (Å²) >= 11 is 0. The number of aromatic nitrogens is 1. The molecule has 1 fully saturated rings. The highest BCUT2D eigenvalue weighted by atomic mass is 35.7. The van der Waals surface area contributed by atoms with Gasteiger partial charge in [-0.15, -0.1) is 0 Å². The lowest BCUT2D eigenvalue weighted by Crippen LogP contribution is -2.22. The van der Waals surface area contributed by atoms with Crippen LogP contribution in [0.2, 0.25) is 0 Å². The van der Waals surface area contributed by atoms with Crippen LogP contribution in [0.5, 0.6) is 5.75 Å². The highest BCUT2D eigenvalue weighted by Gasteiger charge is 2.20. The van der Waals surface area contributed by atoms with Gasteiger partial charge in [0.2, 0.25) is 0 Å². The molecule has 0 atom stereocenters. The Hall–Kier alpha value is -1.18. The fraction of sp³-hybridized carbons (Fsp3) is 0.538. The predicted molar refractivity (Wildman–Crippen MR) is 76.3 cm³/mol. The maximum absolute atomic E-state index is 11.6. The van der Waals surface area contributed by atoms with Crippen LogP contribution in [-0.2, 0) is 13.8 Å². The van der Waals surface area contributed by atoms with E-state index in [4.69, 9.17) is 20.2 Å². The number of pyridine rings is 1. The number of hydrogen-bond acceptors (Lipinski definition) is 6. The normalized spacial score (nSPS) is 16.7. The zero-order valence-corrected chi connectivity index (χ0v) is 13.1. The van der Waals surface area contributed by atoms with Gasteiger partial charge in [0, 0.05) is 30.8 Å². The molecule has 6 nitrogen and oxygen atoms in total. The topological polar surface area (TPSA) is 82.6 Å². The van der Waals surface area contributed by atoms with E-state index in [9.17, 15) is 13.2 Å². The Morgan fingerprint density at radius 1 is 1.43 bits per heavy atom. The number of rotatable bonds is 5. The van der Waals surface area contributed by atoms with Gasteiger partial charge in [0.05, 0.1) is 6.61 Å². The van der Waals surface area contributed by atoms with Crippen molar-refractivity contribution in [3.8, 4) is 5.75 Å². The highest BCUT2D eigenvalue weighted by molar-refractivity contribution is 8.13. The van der Waals surface area contributed by atoms with Gasteiger partial charge in [0.1, 0.15) is 11.4 Å². The summed E-state index contributed by atoms with van der Waals surface area (Å²) in [5.41, 5.74) is -0.0243. The largest absolute Gasteiger partial charge is 0.491 e. The molecular weight excluding hydrogens is 318 g/mol. The maximum atomic E-state index is 11.6. The molecule has 0 unspecified atom stereocenters. The van der Waals surface area contributed by atoms with Crippen LogP contribution in [0.4, 0.5) is 0 Å². The molecule has 1 aromatic heterocycles. The molecule has 0 aliphatic carbocycles. The second-order valence-corrected chi connectivity index (χ2v) is 7.37. The number of halogens is 1. The van der Waals surface area contributed by atoms with E-state index >= 15 is 0 Å². The maximum Gasteiger partial charge on any atom is 0.278 e. The first kappa shape index (κ1) is 16.2. The van der Waals surface area contributed by atoms with Crippen LogP contribution in [0.1, 0.15) is 30.3 Å². The Labute approximate surface area is 127 Å². The van der Waals surface area contributed by atoms with Crippen molar-refractivity contribution in [2.24, 2.45) is 5.92 Å². The first-order chi connectivity index (χ1) is 9.88. The van der Waals surface area contributed by atoms with Crippen LogP contribution in [0.15, 0.2) is 17.2 Å².